The zero-order valence-electron chi connectivity index (χ0n) is 11.1. The van der Waals surface area contributed by atoms with Crippen LogP contribution in [0.1, 0.15) is 29.5 Å². The lowest BCUT2D eigenvalue weighted by Gasteiger charge is -2.03. The minimum Gasteiger partial charge on any atom is -0.395 e. The van der Waals surface area contributed by atoms with E-state index >= 15 is 0 Å². The summed E-state index contributed by atoms with van der Waals surface area (Å²) in [6, 6.07) is 3.87. The molecule has 1 amide bonds. The number of rotatable bonds is 7. The third-order valence-electron chi connectivity index (χ3n) is 2.15. The molecular formula is C14H19NO3S. The van der Waals surface area contributed by atoms with Crippen LogP contribution >= 0.6 is 11.3 Å². The molecule has 0 aromatic carbocycles. The quantitative estimate of drug-likeness (QED) is 0.588. The number of carbonyl (C=O) groups excluding carboxylic acids is 1. The van der Waals surface area contributed by atoms with E-state index in [2.05, 4.69) is 17.2 Å². The smallest absolute Gasteiger partial charge is 0.246 e. The van der Waals surface area contributed by atoms with Crippen molar-refractivity contribution in [1.82, 2.24) is 5.32 Å². The Hall–Kier alpha value is -1.35. The maximum atomic E-state index is 11.4. The first-order chi connectivity index (χ1) is 9.26. The second-order valence-electron chi connectivity index (χ2n) is 3.87. The van der Waals surface area contributed by atoms with E-state index in [9.17, 15) is 4.79 Å². The molecule has 0 saturated carbocycles. The van der Waals surface area contributed by atoms with Gasteiger partial charge in [0.15, 0.2) is 0 Å². The maximum Gasteiger partial charge on any atom is 0.246 e. The Kier molecular flexibility index (Phi) is 7.91. The summed E-state index contributed by atoms with van der Waals surface area (Å²) >= 11 is 1.54. The van der Waals surface area contributed by atoms with Crippen LogP contribution in [0.5, 0.6) is 0 Å². The van der Waals surface area contributed by atoms with Gasteiger partial charge in [-0.2, -0.15) is 0 Å². The monoisotopic (exact) mass is 281 g/mol. The summed E-state index contributed by atoms with van der Waals surface area (Å²) in [6.45, 7) is 3.31. The van der Waals surface area contributed by atoms with Gasteiger partial charge in [0, 0.05) is 17.9 Å². The van der Waals surface area contributed by atoms with Crippen molar-refractivity contribution in [3.63, 3.8) is 0 Å². The van der Waals surface area contributed by atoms with Crippen LogP contribution in [0.15, 0.2) is 12.1 Å². The molecule has 0 aliphatic rings. The second-order valence-corrected chi connectivity index (χ2v) is 5.04. The number of hydrogen-bond donors (Lipinski definition) is 2. The fraction of sp³-hybridized carbons (Fsp3) is 0.500. The summed E-state index contributed by atoms with van der Waals surface area (Å²) in [7, 11) is 0. The minimum atomic E-state index is -0.102. The molecule has 1 rings (SSSR count). The largest absolute Gasteiger partial charge is 0.395 e. The van der Waals surface area contributed by atoms with Crippen molar-refractivity contribution >= 4 is 17.2 Å². The average Bonchev–Trinajstić information content (AvgIpc) is 2.85. The van der Waals surface area contributed by atoms with Crippen molar-refractivity contribution < 1.29 is 14.6 Å². The first kappa shape index (κ1) is 15.7. The molecule has 4 nitrogen and oxygen atoms in total. The summed E-state index contributed by atoms with van der Waals surface area (Å²) in [6.07, 6.45) is 1.40. The molecular weight excluding hydrogens is 262 g/mol. The molecule has 19 heavy (non-hydrogen) atoms. The first-order valence-corrected chi connectivity index (χ1v) is 7.10. The third-order valence-corrected chi connectivity index (χ3v) is 3.15. The number of nitrogens with one attached hydrogen (secondary N) is 1. The molecule has 0 fully saturated rings. The topological polar surface area (TPSA) is 58.6 Å². The second kappa shape index (κ2) is 9.56. The van der Waals surface area contributed by atoms with E-state index in [4.69, 9.17) is 9.84 Å². The Morgan fingerprint density at radius 3 is 3.11 bits per heavy atom. The van der Waals surface area contributed by atoms with Crippen LogP contribution in [0.4, 0.5) is 0 Å². The molecule has 5 heteroatoms. The lowest BCUT2D eigenvalue weighted by molar-refractivity contribution is -0.125. The molecule has 0 atom stereocenters. The predicted molar refractivity (Wildman–Crippen MR) is 75.9 cm³/mol. The zero-order valence-corrected chi connectivity index (χ0v) is 11.9. The summed E-state index contributed by atoms with van der Waals surface area (Å²) in [5.41, 5.74) is 0. The highest BCUT2D eigenvalue weighted by atomic mass is 32.1. The van der Waals surface area contributed by atoms with E-state index in [-0.39, 0.29) is 19.1 Å². The lowest BCUT2D eigenvalue weighted by Crippen LogP contribution is -2.26. The van der Waals surface area contributed by atoms with Gasteiger partial charge in [-0.3, -0.25) is 4.79 Å². The molecule has 0 spiro atoms. The van der Waals surface area contributed by atoms with Crippen LogP contribution in [0.25, 0.3) is 0 Å². The van der Waals surface area contributed by atoms with Gasteiger partial charge in [0.2, 0.25) is 5.91 Å². The molecule has 1 aromatic rings. The summed E-state index contributed by atoms with van der Waals surface area (Å²) in [5.74, 6) is 5.73. The molecule has 0 aliphatic heterocycles. The van der Waals surface area contributed by atoms with Crippen LogP contribution < -0.4 is 5.32 Å². The van der Waals surface area contributed by atoms with Gasteiger partial charge in [0.25, 0.3) is 0 Å². The number of carbonyl (C=O) groups is 1. The Balaban J connectivity index is 2.30. The van der Waals surface area contributed by atoms with Gasteiger partial charge < -0.3 is 15.2 Å². The SMILES string of the molecule is CCCOCC(=O)NCc1ccc(C#CCCO)s1. The molecule has 2 N–H and O–H groups in total. The number of aliphatic hydroxyl groups excluding tert-OH is 1. The standard InChI is InChI=1S/C14H19NO3S/c1-2-9-18-11-14(17)15-10-13-7-6-12(19-13)5-3-4-8-16/h6-7,16H,2,4,8-11H2,1H3,(H,15,17). The molecule has 0 unspecified atom stereocenters. The Bertz CT molecular complexity index is 445. The van der Waals surface area contributed by atoms with Crippen LogP contribution in [-0.4, -0.2) is 30.8 Å². The maximum absolute atomic E-state index is 11.4. The Labute approximate surface area is 117 Å². The number of ether oxygens (including phenoxy) is 1. The van der Waals surface area contributed by atoms with Crippen molar-refractivity contribution in [2.24, 2.45) is 0 Å². The van der Waals surface area contributed by atoms with E-state index < -0.39 is 0 Å². The fourth-order valence-electron chi connectivity index (χ4n) is 1.29. The minimum absolute atomic E-state index is 0.0824. The number of thiophene rings is 1. The average molecular weight is 281 g/mol. The molecule has 1 heterocycles. The first-order valence-electron chi connectivity index (χ1n) is 6.29. The van der Waals surface area contributed by atoms with Crippen molar-refractivity contribution in [2.75, 3.05) is 19.8 Å². The predicted octanol–water partition coefficient (Wildman–Crippen LogP) is 1.52. The Morgan fingerprint density at radius 1 is 1.53 bits per heavy atom. The highest BCUT2D eigenvalue weighted by Crippen LogP contribution is 2.14. The van der Waals surface area contributed by atoms with E-state index in [1.54, 1.807) is 11.3 Å². The summed E-state index contributed by atoms with van der Waals surface area (Å²) < 4.78 is 5.15. The highest BCUT2D eigenvalue weighted by Gasteiger charge is 2.02. The fourth-order valence-corrected chi connectivity index (χ4v) is 2.11. The zero-order chi connectivity index (χ0) is 13.9. The van der Waals surface area contributed by atoms with Crippen molar-refractivity contribution in [3.05, 3.63) is 21.9 Å². The third kappa shape index (κ3) is 6.97. The van der Waals surface area contributed by atoms with Gasteiger partial charge in [-0.1, -0.05) is 18.8 Å². The number of amides is 1. The van der Waals surface area contributed by atoms with Gasteiger partial charge in [-0.25, -0.2) is 0 Å². The number of hydrogen-bond acceptors (Lipinski definition) is 4. The molecule has 104 valence electrons. The van der Waals surface area contributed by atoms with E-state index in [0.717, 1.165) is 16.2 Å². The van der Waals surface area contributed by atoms with Gasteiger partial charge >= 0.3 is 0 Å². The van der Waals surface area contributed by atoms with Gasteiger partial charge in [0.05, 0.1) is 18.0 Å². The summed E-state index contributed by atoms with van der Waals surface area (Å²) in [4.78, 5) is 13.4. The van der Waals surface area contributed by atoms with Crippen LogP contribution in [0.2, 0.25) is 0 Å². The molecule has 0 bridgehead atoms. The van der Waals surface area contributed by atoms with Crippen LogP contribution in [-0.2, 0) is 16.1 Å². The van der Waals surface area contributed by atoms with Crippen molar-refractivity contribution in [3.8, 4) is 11.8 Å². The highest BCUT2D eigenvalue weighted by molar-refractivity contribution is 7.12. The van der Waals surface area contributed by atoms with E-state index in [1.807, 2.05) is 19.1 Å². The van der Waals surface area contributed by atoms with E-state index in [1.165, 1.54) is 0 Å². The van der Waals surface area contributed by atoms with Crippen LogP contribution in [0, 0.1) is 11.8 Å². The van der Waals surface area contributed by atoms with Crippen molar-refractivity contribution in [1.29, 1.82) is 0 Å². The molecule has 0 saturated heterocycles. The normalized spacial score (nSPS) is 9.79. The van der Waals surface area contributed by atoms with Gasteiger partial charge in [-0.05, 0) is 18.6 Å². The summed E-state index contributed by atoms with van der Waals surface area (Å²) in [5, 5.41) is 11.4. The molecule has 1 aromatic heterocycles. The van der Waals surface area contributed by atoms with Gasteiger partial charge in [0.1, 0.15) is 6.61 Å². The van der Waals surface area contributed by atoms with Crippen LogP contribution in [0.3, 0.4) is 0 Å². The van der Waals surface area contributed by atoms with Crippen molar-refractivity contribution in [2.45, 2.75) is 26.3 Å². The molecule has 0 radical (unpaired) electrons. The molecule has 0 aliphatic carbocycles. The van der Waals surface area contributed by atoms with E-state index in [0.29, 0.717) is 19.6 Å². The number of aliphatic hydroxyl groups is 1. The Morgan fingerprint density at radius 2 is 2.37 bits per heavy atom. The lowest BCUT2D eigenvalue weighted by atomic mass is 10.4. The van der Waals surface area contributed by atoms with Gasteiger partial charge in [-0.15, -0.1) is 11.3 Å².